The summed E-state index contributed by atoms with van der Waals surface area (Å²) in [6, 6.07) is 37.4. The Morgan fingerprint density at radius 2 is 0.889 bits per heavy atom. The Labute approximate surface area is 422 Å². The quantitative estimate of drug-likeness (QED) is 0.0586. The van der Waals surface area contributed by atoms with Crippen LogP contribution in [0.15, 0.2) is 137 Å². The Hall–Kier alpha value is -6.80. The third kappa shape index (κ3) is 10.2. The summed E-state index contributed by atoms with van der Waals surface area (Å²) < 4.78 is 77.1. The predicted octanol–water partition coefficient (Wildman–Crippen LogP) is 8.71. The number of aryl methyl sites for hydroxylation is 1. The Morgan fingerprint density at radius 1 is 0.444 bits per heavy atom. The summed E-state index contributed by atoms with van der Waals surface area (Å²) in [7, 11) is 2.71. The second-order valence-corrected chi connectivity index (χ2v) is 23.3. The van der Waals surface area contributed by atoms with E-state index in [0.29, 0.717) is 89.9 Å². The SMILES string of the molecule is COc1ccc(C(C)(C)c2ccc(Oc3ccc(S(=O)(=O)c4ccc(C)cc4)cc3)c(C[PH](c3c(CO)cc(OC)cc3OC)(c3c(CO)cc(OC)cc3OC)c3c(OC)cc(CO)cc3OC)c2)cc1. The van der Waals surface area contributed by atoms with Crippen molar-refractivity contribution >= 4 is 33.0 Å². The molecule has 380 valence electrons. The van der Waals surface area contributed by atoms with Crippen molar-refractivity contribution < 1.29 is 61.6 Å². The first-order chi connectivity index (χ1) is 34.6. The molecule has 72 heavy (non-hydrogen) atoms. The van der Waals surface area contributed by atoms with Crippen molar-refractivity contribution in [1.82, 2.24) is 0 Å². The van der Waals surface area contributed by atoms with Crippen LogP contribution in [-0.2, 0) is 41.2 Å². The number of hydrogen-bond acceptors (Lipinski definition) is 13. The van der Waals surface area contributed by atoms with Gasteiger partial charge < -0.3 is 0 Å². The van der Waals surface area contributed by atoms with Crippen molar-refractivity contribution in [2.45, 2.75) is 62.0 Å². The van der Waals surface area contributed by atoms with Gasteiger partial charge in [-0.15, -0.1) is 0 Å². The van der Waals surface area contributed by atoms with Crippen LogP contribution < -0.4 is 53.8 Å². The van der Waals surface area contributed by atoms with Gasteiger partial charge in [-0.05, 0) is 6.92 Å². The molecule has 0 aliphatic heterocycles. The fraction of sp³-hybridized carbons (Fsp3) is 0.263. The normalized spacial score (nSPS) is 12.0. The van der Waals surface area contributed by atoms with Crippen molar-refractivity contribution in [1.29, 1.82) is 0 Å². The van der Waals surface area contributed by atoms with Gasteiger partial charge in [0.25, 0.3) is 0 Å². The van der Waals surface area contributed by atoms with E-state index in [9.17, 15) is 23.7 Å². The van der Waals surface area contributed by atoms with E-state index in [1.54, 1.807) is 79.9 Å². The summed E-state index contributed by atoms with van der Waals surface area (Å²) in [6.07, 6.45) is 0.0886. The minimum absolute atomic E-state index is 0.0886. The van der Waals surface area contributed by atoms with E-state index in [-0.39, 0.29) is 22.6 Å². The van der Waals surface area contributed by atoms with E-state index in [0.717, 1.165) is 16.7 Å². The average Bonchev–Trinajstić information content (AvgIpc) is 3.41. The zero-order valence-electron chi connectivity index (χ0n) is 42.3. The van der Waals surface area contributed by atoms with Crippen LogP contribution in [-0.4, -0.2) is 73.5 Å². The molecule has 0 aromatic heterocycles. The fourth-order valence-corrected chi connectivity index (χ4v) is 16.7. The van der Waals surface area contributed by atoms with Gasteiger partial charge in [-0.25, -0.2) is 0 Å². The number of rotatable bonds is 21. The zero-order valence-corrected chi connectivity index (χ0v) is 44.1. The van der Waals surface area contributed by atoms with Gasteiger partial charge in [0.05, 0.1) is 0 Å². The average molecular weight is 1020 g/mol. The maximum absolute atomic E-state index is 13.8. The summed E-state index contributed by atoms with van der Waals surface area (Å²) in [5.74, 6) is 3.71. The molecule has 0 aliphatic rings. The number of sulfone groups is 1. The molecule has 0 aliphatic carbocycles. The van der Waals surface area contributed by atoms with E-state index in [1.165, 1.54) is 54.8 Å². The summed E-state index contributed by atoms with van der Waals surface area (Å²) in [5, 5.41) is 35.6. The van der Waals surface area contributed by atoms with Crippen LogP contribution in [0, 0.1) is 6.92 Å². The van der Waals surface area contributed by atoms with Crippen LogP contribution in [0.2, 0.25) is 0 Å². The van der Waals surface area contributed by atoms with Crippen molar-refractivity contribution in [3.05, 3.63) is 166 Å². The van der Waals surface area contributed by atoms with Crippen LogP contribution in [0.25, 0.3) is 0 Å². The summed E-state index contributed by atoms with van der Waals surface area (Å²) in [6.45, 7) is 4.85. The third-order valence-corrected chi connectivity index (χ3v) is 20.2. The van der Waals surface area contributed by atoms with Gasteiger partial charge in [0.2, 0.25) is 0 Å². The number of methoxy groups -OCH3 is 7. The molecule has 0 bridgehead atoms. The number of aliphatic hydroxyl groups excluding tert-OH is 3. The van der Waals surface area contributed by atoms with Gasteiger partial charge >= 0.3 is 412 Å². The van der Waals surface area contributed by atoms with Gasteiger partial charge in [-0.3, -0.25) is 0 Å². The van der Waals surface area contributed by atoms with Crippen molar-refractivity contribution in [3.63, 3.8) is 0 Å². The molecule has 0 saturated carbocycles. The molecular formula is C57H63O13PS. The number of ether oxygens (including phenoxy) is 8. The second kappa shape index (κ2) is 22.3. The van der Waals surface area contributed by atoms with E-state index < -0.39 is 35.7 Å². The van der Waals surface area contributed by atoms with Gasteiger partial charge in [0.15, 0.2) is 0 Å². The van der Waals surface area contributed by atoms with Crippen molar-refractivity contribution in [3.8, 4) is 51.7 Å². The van der Waals surface area contributed by atoms with Gasteiger partial charge in [0, 0.05) is 0 Å². The monoisotopic (exact) mass is 1020 g/mol. The van der Waals surface area contributed by atoms with Crippen LogP contribution in [0.3, 0.4) is 0 Å². The third-order valence-electron chi connectivity index (χ3n) is 13.3. The van der Waals surface area contributed by atoms with Crippen molar-refractivity contribution in [2.75, 3.05) is 49.8 Å². The van der Waals surface area contributed by atoms with Gasteiger partial charge in [-0.1, -0.05) is 5.56 Å². The molecular weight excluding hydrogens is 956 g/mol. The maximum atomic E-state index is 13.8. The molecule has 0 unspecified atom stereocenters. The van der Waals surface area contributed by atoms with Crippen LogP contribution >= 0.6 is 7.26 Å². The molecule has 0 amide bonds. The molecule has 0 fully saturated rings. The molecule has 7 rings (SSSR count). The fourth-order valence-electron chi connectivity index (χ4n) is 9.52. The minimum atomic E-state index is -4.25. The van der Waals surface area contributed by atoms with Gasteiger partial charge in [0.1, 0.15) is 0 Å². The van der Waals surface area contributed by atoms with E-state index >= 15 is 0 Å². The van der Waals surface area contributed by atoms with Crippen LogP contribution in [0.5, 0.6) is 51.7 Å². The summed E-state index contributed by atoms with van der Waals surface area (Å²) >= 11 is 0. The van der Waals surface area contributed by atoms with Crippen LogP contribution in [0.4, 0.5) is 0 Å². The summed E-state index contributed by atoms with van der Waals surface area (Å²) in [4.78, 5) is 0.268. The second-order valence-electron chi connectivity index (χ2n) is 17.7. The van der Waals surface area contributed by atoms with Gasteiger partial charge in [-0.2, -0.15) is 0 Å². The first-order valence-electron chi connectivity index (χ1n) is 23.1. The summed E-state index contributed by atoms with van der Waals surface area (Å²) in [5.41, 5.74) is 4.28. The number of benzene rings is 7. The molecule has 7 aromatic carbocycles. The molecule has 0 atom stereocenters. The molecule has 0 heterocycles. The molecule has 15 heteroatoms. The Morgan fingerprint density at radius 3 is 1.33 bits per heavy atom. The molecule has 13 nitrogen and oxygen atoms in total. The number of hydrogen-bond donors (Lipinski definition) is 3. The molecule has 7 aromatic rings. The molecule has 3 N–H and O–H groups in total. The first-order valence-corrected chi connectivity index (χ1v) is 26.8. The predicted molar refractivity (Wildman–Crippen MR) is 282 cm³/mol. The Balaban J connectivity index is 1.63. The topological polar surface area (TPSA) is 169 Å². The van der Waals surface area contributed by atoms with E-state index in [1.807, 2.05) is 43.3 Å². The zero-order chi connectivity index (χ0) is 52.0. The molecule has 0 radical (unpaired) electrons. The Bertz CT molecular complexity index is 2910. The van der Waals surface area contributed by atoms with E-state index in [4.69, 9.17) is 37.9 Å². The Kier molecular flexibility index (Phi) is 16.4. The molecule has 0 saturated heterocycles. The van der Waals surface area contributed by atoms with Crippen molar-refractivity contribution in [2.24, 2.45) is 0 Å². The van der Waals surface area contributed by atoms with E-state index in [2.05, 4.69) is 19.9 Å². The number of aliphatic hydroxyl groups is 3. The van der Waals surface area contributed by atoms with Crippen LogP contribution in [0.1, 0.15) is 52.8 Å². The molecule has 0 spiro atoms. The first kappa shape index (κ1) is 53.0. The standard InChI is InChI=1S/C57H63O13PS/c1-36-11-20-47(21-12-36)72(61,62)48-22-18-44(19-23-48)70-49-24-15-42(57(2,3)41-13-16-43(63-4)17-14-41)27-40(49)35-71(54-38(33-59)28-45(64-5)30-52(54)68-9,55-39(34-60)29-46(65-6)31-53(55)69-10)56-50(66-7)25-37(32-58)26-51(56)67-8/h11-31,58-60,71H,32-35H2,1-10H3.